The highest BCUT2D eigenvalue weighted by molar-refractivity contribution is 5.82. The lowest BCUT2D eigenvalue weighted by Gasteiger charge is -2.35. The van der Waals surface area contributed by atoms with Crippen molar-refractivity contribution >= 4 is 5.91 Å². The summed E-state index contributed by atoms with van der Waals surface area (Å²) in [6, 6.07) is -0.412. The Hall–Kier alpha value is -0.610. The number of hydrogen-bond donors (Lipinski definition) is 2. The Morgan fingerprint density at radius 3 is 2.40 bits per heavy atom. The van der Waals surface area contributed by atoms with Crippen molar-refractivity contribution in [2.75, 3.05) is 13.2 Å². The summed E-state index contributed by atoms with van der Waals surface area (Å²) in [6.07, 6.45) is 1.73. The predicted octanol–water partition coefficient (Wildman–Crippen LogP) is 0.655. The Bertz CT molecular complexity index is 223. The summed E-state index contributed by atoms with van der Waals surface area (Å²) in [5.41, 5.74) is 5.66. The van der Waals surface area contributed by atoms with Gasteiger partial charge in [0.25, 0.3) is 0 Å². The average molecular weight is 214 g/mol. The minimum Gasteiger partial charge on any atom is -0.381 e. The predicted molar refractivity (Wildman–Crippen MR) is 59.4 cm³/mol. The molecule has 0 saturated carbocycles. The highest BCUT2D eigenvalue weighted by Gasteiger charge is 2.31. The molecule has 0 spiro atoms. The molecule has 0 aromatic rings. The zero-order chi connectivity index (χ0) is 11.5. The van der Waals surface area contributed by atoms with E-state index < -0.39 is 6.04 Å². The standard InChI is InChI=1S/C11H22N2O2/c1-8(2)9(12)10(14)13-11(3)4-6-15-7-5-11/h8-9H,4-7,12H2,1-3H3,(H,13,14)/t9-/m0/s1. The molecule has 4 nitrogen and oxygen atoms in total. The number of ether oxygens (including phenoxy) is 1. The summed E-state index contributed by atoms with van der Waals surface area (Å²) in [7, 11) is 0. The molecule has 15 heavy (non-hydrogen) atoms. The molecule has 1 fully saturated rings. The second-order valence-corrected chi connectivity index (χ2v) is 4.93. The monoisotopic (exact) mass is 214 g/mol. The summed E-state index contributed by atoms with van der Waals surface area (Å²) < 4.78 is 5.27. The molecule has 0 aromatic heterocycles. The summed E-state index contributed by atoms with van der Waals surface area (Å²) in [4.78, 5) is 11.8. The molecule has 0 radical (unpaired) electrons. The molecule has 1 atom stereocenters. The third kappa shape index (κ3) is 3.47. The fourth-order valence-corrected chi connectivity index (χ4v) is 1.63. The molecule has 1 rings (SSSR count). The minimum atomic E-state index is -0.412. The van der Waals surface area contributed by atoms with Crippen LogP contribution < -0.4 is 11.1 Å². The van der Waals surface area contributed by atoms with Gasteiger partial charge in [-0.05, 0) is 25.7 Å². The van der Waals surface area contributed by atoms with Crippen LogP contribution in [0.15, 0.2) is 0 Å². The van der Waals surface area contributed by atoms with Gasteiger partial charge in [0.1, 0.15) is 0 Å². The second kappa shape index (κ2) is 4.94. The number of rotatable bonds is 3. The average Bonchev–Trinajstić information content (AvgIpc) is 2.16. The molecule has 0 aliphatic carbocycles. The van der Waals surface area contributed by atoms with Gasteiger partial charge in [-0.15, -0.1) is 0 Å². The Balaban J connectivity index is 2.49. The van der Waals surface area contributed by atoms with Gasteiger partial charge in [-0.3, -0.25) is 4.79 Å². The van der Waals surface area contributed by atoms with Gasteiger partial charge in [-0.1, -0.05) is 13.8 Å². The van der Waals surface area contributed by atoms with Gasteiger partial charge in [0.15, 0.2) is 0 Å². The quantitative estimate of drug-likeness (QED) is 0.725. The minimum absolute atomic E-state index is 0.0469. The van der Waals surface area contributed by atoms with Crippen LogP contribution in [0.1, 0.15) is 33.6 Å². The smallest absolute Gasteiger partial charge is 0.237 e. The molecular formula is C11H22N2O2. The van der Waals surface area contributed by atoms with Crippen molar-refractivity contribution < 1.29 is 9.53 Å². The fourth-order valence-electron chi connectivity index (χ4n) is 1.63. The van der Waals surface area contributed by atoms with E-state index in [-0.39, 0.29) is 17.4 Å². The lowest BCUT2D eigenvalue weighted by molar-refractivity contribution is -0.126. The molecule has 4 heteroatoms. The van der Waals surface area contributed by atoms with Crippen molar-refractivity contribution in [3.05, 3.63) is 0 Å². The maximum atomic E-state index is 11.8. The molecule has 1 aliphatic rings. The first-order valence-electron chi connectivity index (χ1n) is 5.60. The Kier molecular flexibility index (Phi) is 4.11. The van der Waals surface area contributed by atoms with Crippen molar-refractivity contribution in [1.82, 2.24) is 5.32 Å². The van der Waals surface area contributed by atoms with Gasteiger partial charge in [-0.2, -0.15) is 0 Å². The van der Waals surface area contributed by atoms with Crippen LogP contribution in [-0.2, 0) is 9.53 Å². The molecule has 0 unspecified atom stereocenters. The zero-order valence-electron chi connectivity index (χ0n) is 9.88. The summed E-state index contributed by atoms with van der Waals surface area (Å²) in [5.74, 6) is 0.128. The van der Waals surface area contributed by atoms with Crippen molar-refractivity contribution in [3.8, 4) is 0 Å². The van der Waals surface area contributed by atoms with Crippen LogP contribution in [0.5, 0.6) is 0 Å². The summed E-state index contributed by atoms with van der Waals surface area (Å²) >= 11 is 0. The first-order chi connectivity index (χ1) is 6.94. The number of nitrogens with one attached hydrogen (secondary N) is 1. The van der Waals surface area contributed by atoms with Crippen LogP contribution in [-0.4, -0.2) is 30.7 Å². The third-order valence-corrected chi connectivity index (χ3v) is 3.04. The van der Waals surface area contributed by atoms with Crippen LogP contribution in [0.25, 0.3) is 0 Å². The van der Waals surface area contributed by atoms with Crippen molar-refractivity contribution in [3.63, 3.8) is 0 Å². The molecule has 1 amide bonds. The first kappa shape index (κ1) is 12.5. The molecule has 1 saturated heterocycles. The van der Waals surface area contributed by atoms with E-state index in [1.165, 1.54) is 0 Å². The zero-order valence-corrected chi connectivity index (χ0v) is 9.88. The van der Waals surface area contributed by atoms with Gasteiger partial charge in [0.2, 0.25) is 5.91 Å². The van der Waals surface area contributed by atoms with E-state index in [4.69, 9.17) is 10.5 Å². The first-order valence-corrected chi connectivity index (χ1v) is 5.60. The largest absolute Gasteiger partial charge is 0.381 e. The van der Waals surface area contributed by atoms with Gasteiger partial charge >= 0.3 is 0 Å². The topological polar surface area (TPSA) is 64.4 Å². The maximum Gasteiger partial charge on any atom is 0.237 e. The molecule has 1 heterocycles. The van der Waals surface area contributed by atoms with Crippen LogP contribution >= 0.6 is 0 Å². The van der Waals surface area contributed by atoms with Crippen LogP contribution in [0.3, 0.4) is 0 Å². The second-order valence-electron chi connectivity index (χ2n) is 4.93. The van der Waals surface area contributed by atoms with E-state index in [2.05, 4.69) is 12.2 Å². The number of amides is 1. The molecular weight excluding hydrogens is 192 g/mol. The van der Waals surface area contributed by atoms with Crippen molar-refractivity contribution in [2.45, 2.75) is 45.2 Å². The fraction of sp³-hybridized carbons (Fsp3) is 0.909. The van der Waals surface area contributed by atoms with Gasteiger partial charge in [-0.25, -0.2) is 0 Å². The van der Waals surface area contributed by atoms with Crippen molar-refractivity contribution in [2.24, 2.45) is 11.7 Å². The van der Waals surface area contributed by atoms with Crippen LogP contribution in [0, 0.1) is 5.92 Å². The SMILES string of the molecule is CC(C)[C@H](N)C(=O)NC1(C)CCOCC1. The van der Waals surface area contributed by atoms with E-state index in [1.807, 2.05) is 13.8 Å². The third-order valence-electron chi connectivity index (χ3n) is 3.04. The number of hydrogen-bond acceptors (Lipinski definition) is 3. The molecule has 0 bridgehead atoms. The lowest BCUT2D eigenvalue weighted by Crippen LogP contribution is -2.55. The van der Waals surface area contributed by atoms with Crippen LogP contribution in [0.2, 0.25) is 0 Å². The Morgan fingerprint density at radius 2 is 1.93 bits per heavy atom. The molecule has 3 N–H and O–H groups in total. The number of carbonyl (C=O) groups excluding carboxylic acids is 1. The van der Waals surface area contributed by atoms with E-state index >= 15 is 0 Å². The van der Waals surface area contributed by atoms with Crippen LogP contribution in [0.4, 0.5) is 0 Å². The van der Waals surface area contributed by atoms with E-state index in [9.17, 15) is 4.79 Å². The summed E-state index contributed by atoms with van der Waals surface area (Å²) in [6.45, 7) is 7.40. The molecule has 0 aromatic carbocycles. The molecule has 1 aliphatic heterocycles. The normalized spacial score (nSPS) is 22.5. The number of nitrogens with two attached hydrogens (primary N) is 1. The van der Waals surface area contributed by atoms with E-state index in [0.29, 0.717) is 13.2 Å². The van der Waals surface area contributed by atoms with Gasteiger partial charge < -0.3 is 15.8 Å². The Labute approximate surface area is 91.5 Å². The van der Waals surface area contributed by atoms with Crippen molar-refractivity contribution in [1.29, 1.82) is 0 Å². The van der Waals surface area contributed by atoms with Gasteiger partial charge in [0.05, 0.1) is 6.04 Å². The highest BCUT2D eigenvalue weighted by atomic mass is 16.5. The molecule has 88 valence electrons. The number of carbonyl (C=O) groups is 1. The van der Waals surface area contributed by atoms with Gasteiger partial charge in [0, 0.05) is 18.8 Å². The van der Waals surface area contributed by atoms with E-state index in [0.717, 1.165) is 12.8 Å². The highest BCUT2D eigenvalue weighted by Crippen LogP contribution is 2.19. The summed E-state index contributed by atoms with van der Waals surface area (Å²) in [5, 5.41) is 3.03. The van der Waals surface area contributed by atoms with E-state index in [1.54, 1.807) is 0 Å². The lowest BCUT2D eigenvalue weighted by atomic mass is 9.91. The Morgan fingerprint density at radius 1 is 1.40 bits per heavy atom. The maximum absolute atomic E-state index is 11.8.